The van der Waals surface area contributed by atoms with E-state index in [1.165, 1.54) is 35.7 Å². The molecule has 98 valence electrons. The lowest BCUT2D eigenvalue weighted by Gasteiger charge is -2.49. The molecular formula is C15H20BrNO. The third kappa shape index (κ3) is 2.13. The van der Waals surface area contributed by atoms with Gasteiger partial charge in [0.15, 0.2) is 0 Å². The van der Waals surface area contributed by atoms with Crippen molar-refractivity contribution >= 4 is 15.9 Å². The second-order valence-corrected chi connectivity index (χ2v) is 6.69. The number of hydrogen-bond acceptors (Lipinski definition) is 2. The van der Waals surface area contributed by atoms with E-state index in [2.05, 4.69) is 40.2 Å². The lowest BCUT2D eigenvalue weighted by molar-refractivity contribution is -0.0984. The first-order valence-electron chi connectivity index (χ1n) is 6.80. The number of benzene rings is 1. The fraction of sp³-hybridized carbons (Fsp3) is 0.600. The Morgan fingerprint density at radius 1 is 1.17 bits per heavy atom. The molecular weight excluding hydrogens is 290 g/mol. The van der Waals surface area contributed by atoms with Gasteiger partial charge in [0.25, 0.3) is 0 Å². The highest BCUT2D eigenvalue weighted by molar-refractivity contribution is 9.10. The molecule has 0 spiro atoms. The average molecular weight is 310 g/mol. The van der Waals surface area contributed by atoms with Crippen LogP contribution in [-0.2, 0) is 10.2 Å². The third-order valence-corrected chi connectivity index (χ3v) is 5.17. The van der Waals surface area contributed by atoms with Crippen molar-refractivity contribution < 1.29 is 4.74 Å². The van der Waals surface area contributed by atoms with Gasteiger partial charge in [-0.05, 0) is 49.3 Å². The summed E-state index contributed by atoms with van der Waals surface area (Å²) in [4.78, 5) is 0. The monoisotopic (exact) mass is 309 g/mol. The van der Waals surface area contributed by atoms with Crippen LogP contribution in [0.15, 0.2) is 28.7 Å². The van der Waals surface area contributed by atoms with Crippen LogP contribution >= 0.6 is 15.9 Å². The number of nitrogens with two attached hydrogens (primary N) is 1. The summed E-state index contributed by atoms with van der Waals surface area (Å²) in [6.07, 6.45) is 4.83. The maximum atomic E-state index is 6.02. The van der Waals surface area contributed by atoms with Crippen LogP contribution in [0.2, 0.25) is 0 Å². The predicted molar refractivity (Wildman–Crippen MR) is 76.6 cm³/mol. The Hall–Kier alpha value is -0.380. The number of rotatable bonds is 2. The maximum absolute atomic E-state index is 6.02. The normalized spacial score (nSPS) is 30.8. The number of ether oxygens (including phenoxy) is 1. The minimum absolute atomic E-state index is 0.254. The summed E-state index contributed by atoms with van der Waals surface area (Å²) in [7, 11) is 0. The molecule has 1 aliphatic carbocycles. The summed E-state index contributed by atoms with van der Waals surface area (Å²) >= 11 is 3.58. The zero-order valence-corrected chi connectivity index (χ0v) is 12.2. The Morgan fingerprint density at radius 3 is 2.44 bits per heavy atom. The van der Waals surface area contributed by atoms with Gasteiger partial charge in [-0.25, -0.2) is 0 Å². The van der Waals surface area contributed by atoms with Crippen molar-refractivity contribution in [2.75, 3.05) is 13.2 Å². The van der Waals surface area contributed by atoms with Crippen LogP contribution in [0.3, 0.4) is 0 Å². The van der Waals surface area contributed by atoms with Crippen molar-refractivity contribution in [3.05, 3.63) is 34.3 Å². The quantitative estimate of drug-likeness (QED) is 0.910. The Morgan fingerprint density at radius 2 is 1.89 bits per heavy atom. The molecule has 1 saturated carbocycles. The van der Waals surface area contributed by atoms with Crippen LogP contribution in [0.5, 0.6) is 0 Å². The number of hydrogen-bond donors (Lipinski definition) is 1. The van der Waals surface area contributed by atoms with Gasteiger partial charge in [0.2, 0.25) is 0 Å². The van der Waals surface area contributed by atoms with Crippen LogP contribution in [0.25, 0.3) is 0 Å². The van der Waals surface area contributed by atoms with Crippen molar-refractivity contribution in [1.82, 2.24) is 0 Å². The van der Waals surface area contributed by atoms with E-state index in [4.69, 9.17) is 10.5 Å². The molecule has 0 atom stereocenters. The molecule has 2 nitrogen and oxygen atoms in total. The van der Waals surface area contributed by atoms with Gasteiger partial charge in [0.05, 0.1) is 13.2 Å². The molecule has 0 radical (unpaired) electrons. The van der Waals surface area contributed by atoms with Gasteiger partial charge in [-0.3, -0.25) is 0 Å². The van der Waals surface area contributed by atoms with Gasteiger partial charge in [0, 0.05) is 15.9 Å². The molecule has 3 heteroatoms. The fourth-order valence-electron chi connectivity index (χ4n) is 3.43. The molecule has 0 bridgehead atoms. The molecule has 1 saturated heterocycles. The molecule has 18 heavy (non-hydrogen) atoms. The van der Waals surface area contributed by atoms with Crippen LogP contribution in [0, 0.1) is 5.92 Å². The zero-order chi connectivity index (χ0) is 12.6. The SMILES string of the molecule is NC1CCC(C2(c3cccc(Br)c3)COC2)CC1. The largest absolute Gasteiger partial charge is 0.379 e. The highest BCUT2D eigenvalue weighted by Crippen LogP contribution is 2.46. The minimum Gasteiger partial charge on any atom is -0.379 e. The second-order valence-electron chi connectivity index (χ2n) is 5.77. The molecule has 1 aromatic carbocycles. The predicted octanol–water partition coefficient (Wildman–Crippen LogP) is 3.23. The maximum Gasteiger partial charge on any atom is 0.0588 e. The highest BCUT2D eigenvalue weighted by atomic mass is 79.9. The van der Waals surface area contributed by atoms with Crippen LogP contribution in [-0.4, -0.2) is 19.3 Å². The van der Waals surface area contributed by atoms with Crippen molar-refractivity contribution in [1.29, 1.82) is 0 Å². The Kier molecular flexibility index (Phi) is 3.48. The van der Waals surface area contributed by atoms with Gasteiger partial charge in [-0.1, -0.05) is 28.1 Å². The smallest absolute Gasteiger partial charge is 0.0588 e. The van der Waals surface area contributed by atoms with E-state index < -0.39 is 0 Å². The lowest BCUT2D eigenvalue weighted by Crippen LogP contribution is -2.53. The summed E-state index contributed by atoms with van der Waals surface area (Å²) in [5.41, 5.74) is 7.71. The summed E-state index contributed by atoms with van der Waals surface area (Å²) in [6.45, 7) is 1.76. The molecule has 1 heterocycles. The fourth-order valence-corrected chi connectivity index (χ4v) is 3.83. The first kappa shape index (κ1) is 12.6. The summed E-state index contributed by atoms with van der Waals surface area (Å²) < 4.78 is 6.73. The third-order valence-electron chi connectivity index (χ3n) is 4.67. The molecule has 2 N–H and O–H groups in total. The van der Waals surface area contributed by atoms with Gasteiger partial charge in [-0.2, -0.15) is 0 Å². The van der Waals surface area contributed by atoms with Gasteiger partial charge in [-0.15, -0.1) is 0 Å². The standard InChI is InChI=1S/C15H20BrNO/c16-13-3-1-2-12(8-13)15(9-18-10-15)11-4-6-14(17)7-5-11/h1-3,8,11,14H,4-7,9-10,17H2. The van der Waals surface area contributed by atoms with E-state index in [1.54, 1.807) is 0 Å². The summed E-state index contributed by atoms with van der Waals surface area (Å²) in [6, 6.07) is 9.15. The Balaban J connectivity index is 1.86. The van der Waals surface area contributed by atoms with Crippen LogP contribution < -0.4 is 5.73 Å². The van der Waals surface area contributed by atoms with Crippen molar-refractivity contribution in [2.45, 2.75) is 37.1 Å². The van der Waals surface area contributed by atoms with E-state index >= 15 is 0 Å². The molecule has 0 aromatic heterocycles. The Labute approximate surface area is 117 Å². The Bertz CT molecular complexity index is 422. The number of halogens is 1. The highest BCUT2D eigenvalue weighted by Gasteiger charge is 2.47. The molecule has 2 aliphatic rings. The van der Waals surface area contributed by atoms with E-state index in [-0.39, 0.29) is 5.41 Å². The average Bonchev–Trinajstić information content (AvgIpc) is 2.30. The van der Waals surface area contributed by atoms with E-state index in [0.29, 0.717) is 6.04 Å². The van der Waals surface area contributed by atoms with Crippen molar-refractivity contribution in [3.63, 3.8) is 0 Å². The second kappa shape index (κ2) is 4.95. The van der Waals surface area contributed by atoms with E-state index in [0.717, 1.165) is 19.1 Å². The van der Waals surface area contributed by atoms with Crippen LogP contribution in [0.4, 0.5) is 0 Å². The topological polar surface area (TPSA) is 35.2 Å². The van der Waals surface area contributed by atoms with Crippen molar-refractivity contribution in [3.8, 4) is 0 Å². The molecule has 2 fully saturated rings. The molecule has 1 aliphatic heterocycles. The molecule has 0 unspecified atom stereocenters. The first-order chi connectivity index (χ1) is 8.71. The van der Waals surface area contributed by atoms with Crippen molar-refractivity contribution in [2.24, 2.45) is 11.7 Å². The van der Waals surface area contributed by atoms with E-state index in [1.807, 2.05) is 0 Å². The van der Waals surface area contributed by atoms with Gasteiger partial charge < -0.3 is 10.5 Å². The molecule has 0 amide bonds. The lowest BCUT2D eigenvalue weighted by atomic mass is 9.63. The summed E-state index contributed by atoms with van der Waals surface area (Å²) in [5.74, 6) is 0.736. The van der Waals surface area contributed by atoms with Crippen LogP contribution in [0.1, 0.15) is 31.2 Å². The van der Waals surface area contributed by atoms with E-state index in [9.17, 15) is 0 Å². The molecule has 3 rings (SSSR count). The van der Waals surface area contributed by atoms with Gasteiger partial charge >= 0.3 is 0 Å². The van der Waals surface area contributed by atoms with Gasteiger partial charge in [0.1, 0.15) is 0 Å². The first-order valence-corrected chi connectivity index (χ1v) is 7.59. The molecule has 1 aromatic rings. The summed E-state index contributed by atoms with van der Waals surface area (Å²) in [5, 5.41) is 0. The zero-order valence-electron chi connectivity index (χ0n) is 10.6. The minimum atomic E-state index is 0.254.